The van der Waals surface area contributed by atoms with Crippen molar-refractivity contribution in [2.24, 2.45) is 0 Å². The number of nitrogens with zero attached hydrogens (tertiary/aromatic N) is 4. The highest BCUT2D eigenvalue weighted by atomic mass is 32.2. The molecule has 0 saturated heterocycles. The molecule has 0 unspecified atom stereocenters. The standard InChI is InChI=1S/C27H26FN5O5S/c1-37-27-22(14-33(32-27)21-9-19(28)10-21)23-5-4-17-12-29-20(11-24(17)31-23)13-30-26(34)16-2-3-18-15-38-6-7-39(35,36)25(18)8-16/h2-5,8,11-12,14,19,21H,6-7,9-10,13,15H2,1H3,(H,30,34). The summed E-state index contributed by atoms with van der Waals surface area (Å²) in [5.41, 5.74) is 3.40. The van der Waals surface area contributed by atoms with Crippen LogP contribution in [0.15, 0.2) is 53.7 Å². The van der Waals surface area contributed by atoms with Crippen molar-refractivity contribution in [1.29, 1.82) is 0 Å². The molecule has 1 aliphatic heterocycles. The van der Waals surface area contributed by atoms with E-state index in [0.717, 1.165) is 5.39 Å². The van der Waals surface area contributed by atoms with E-state index in [4.69, 9.17) is 14.5 Å². The molecule has 1 fully saturated rings. The first-order chi connectivity index (χ1) is 18.8. The average molecular weight is 552 g/mol. The Labute approximate surface area is 224 Å². The Hall–Kier alpha value is -3.90. The van der Waals surface area contributed by atoms with Crippen molar-refractivity contribution in [2.45, 2.75) is 43.1 Å². The Bertz CT molecular complexity index is 1680. The van der Waals surface area contributed by atoms with E-state index < -0.39 is 21.9 Å². The zero-order chi connectivity index (χ0) is 27.1. The Kier molecular flexibility index (Phi) is 6.51. The molecule has 0 bridgehead atoms. The number of aromatic nitrogens is 4. The monoisotopic (exact) mass is 551 g/mol. The van der Waals surface area contributed by atoms with Gasteiger partial charge in [0.05, 0.1) is 66.0 Å². The molecule has 0 spiro atoms. The van der Waals surface area contributed by atoms with Crippen LogP contribution in [0.1, 0.15) is 40.5 Å². The van der Waals surface area contributed by atoms with Crippen molar-refractivity contribution < 1.29 is 27.1 Å². The molecule has 1 N–H and O–H groups in total. The van der Waals surface area contributed by atoms with Gasteiger partial charge in [-0.2, -0.15) is 0 Å². The van der Waals surface area contributed by atoms with Crippen LogP contribution in [0.4, 0.5) is 4.39 Å². The van der Waals surface area contributed by atoms with Crippen molar-refractivity contribution in [3.63, 3.8) is 0 Å². The number of halogens is 1. The summed E-state index contributed by atoms with van der Waals surface area (Å²) in [6.07, 6.45) is 3.59. The summed E-state index contributed by atoms with van der Waals surface area (Å²) in [6, 6.07) is 10.1. The number of pyridine rings is 2. The summed E-state index contributed by atoms with van der Waals surface area (Å²) in [7, 11) is -1.98. The molecule has 1 saturated carbocycles. The second-order valence-electron chi connectivity index (χ2n) is 9.70. The number of nitrogens with one attached hydrogen (secondary N) is 1. The molecule has 4 aromatic rings. The number of carbonyl (C=O) groups is 1. The van der Waals surface area contributed by atoms with Gasteiger partial charge in [0.2, 0.25) is 5.88 Å². The van der Waals surface area contributed by atoms with E-state index in [1.165, 1.54) is 13.2 Å². The molecule has 10 nitrogen and oxygen atoms in total. The number of amides is 1. The molecule has 2 aliphatic rings. The lowest BCUT2D eigenvalue weighted by Crippen LogP contribution is -2.28. The Morgan fingerprint density at radius 1 is 1.23 bits per heavy atom. The fourth-order valence-corrected chi connectivity index (χ4v) is 6.16. The Balaban J connectivity index is 1.21. The molecular weight excluding hydrogens is 525 g/mol. The maximum absolute atomic E-state index is 13.4. The number of ether oxygens (including phenoxy) is 2. The quantitative estimate of drug-likeness (QED) is 0.387. The van der Waals surface area contributed by atoms with Gasteiger partial charge in [-0.1, -0.05) is 6.07 Å². The van der Waals surface area contributed by atoms with Crippen LogP contribution in [0, 0.1) is 0 Å². The van der Waals surface area contributed by atoms with Crippen LogP contribution < -0.4 is 10.1 Å². The number of rotatable bonds is 6. The Morgan fingerprint density at radius 2 is 2.08 bits per heavy atom. The van der Waals surface area contributed by atoms with Crippen LogP contribution in [0.2, 0.25) is 0 Å². The third-order valence-corrected chi connectivity index (χ3v) is 8.83. The minimum Gasteiger partial charge on any atom is -0.479 e. The molecule has 4 heterocycles. The van der Waals surface area contributed by atoms with E-state index in [1.54, 1.807) is 29.1 Å². The number of hydrogen-bond acceptors (Lipinski definition) is 8. The molecule has 39 heavy (non-hydrogen) atoms. The zero-order valence-electron chi connectivity index (χ0n) is 21.1. The maximum Gasteiger partial charge on any atom is 0.251 e. The predicted molar refractivity (Wildman–Crippen MR) is 140 cm³/mol. The second-order valence-corrected chi connectivity index (χ2v) is 11.8. The van der Waals surface area contributed by atoms with E-state index in [1.807, 2.05) is 18.3 Å². The number of fused-ring (bicyclic) bond motifs is 2. The summed E-state index contributed by atoms with van der Waals surface area (Å²) in [6.45, 7) is 0.440. The van der Waals surface area contributed by atoms with Crippen LogP contribution in [0.3, 0.4) is 0 Å². The maximum atomic E-state index is 13.4. The number of carbonyl (C=O) groups excluding carboxylic acids is 1. The number of hydrogen-bond donors (Lipinski definition) is 1. The van der Waals surface area contributed by atoms with E-state index in [-0.39, 0.29) is 42.0 Å². The smallest absolute Gasteiger partial charge is 0.251 e. The lowest BCUT2D eigenvalue weighted by Gasteiger charge is -2.29. The van der Waals surface area contributed by atoms with Crippen LogP contribution >= 0.6 is 0 Å². The summed E-state index contributed by atoms with van der Waals surface area (Å²) >= 11 is 0. The first kappa shape index (κ1) is 25.4. The number of benzene rings is 1. The number of sulfone groups is 1. The molecule has 1 amide bonds. The number of alkyl halides is 1. The third kappa shape index (κ3) is 4.97. The van der Waals surface area contributed by atoms with Gasteiger partial charge in [0.1, 0.15) is 6.17 Å². The molecule has 3 aromatic heterocycles. The van der Waals surface area contributed by atoms with Crippen molar-refractivity contribution in [3.05, 3.63) is 65.6 Å². The fourth-order valence-electron chi connectivity index (χ4n) is 4.77. The molecule has 0 radical (unpaired) electrons. The Morgan fingerprint density at radius 3 is 2.87 bits per heavy atom. The second kappa shape index (κ2) is 10.0. The van der Waals surface area contributed by atoms with Crippen molar-refractivity contribution in [2.75, 3.05) is 19.5 Å². The van der Waals surface area contributed by atoms with Gasteiger partial charge in [0, 0.05) is 36.2 Å². The molecule has 202 valence electrons. The van der Waals surface area contributed by atoms with Gasteiger partial charge in [-0.15, -0.1) is 5.10 Å². The van der Waals surface area contributed by atoms with Gasteiger partial charge >= 0.3 is 0 Å². The number of methoxy groups -OCH3 is 1. The van der Waals surface area contributed by atoms with Crippen molar-refractivity contribution in [1.82, 2.24) is 25.1 Å². The zero-order valence-corrected chi connectivity index (χ0v) is 21.9. The van der Waals surface area contributed by atoms with Crippen LogP contribution in [-0.4, -0.2) is 59.7 Å². The van der Waals surface area contributed by atoms with Crippen LogP contribution in [0.5, 0.6) is 5.88 Å². The minimum absolute atomic E-state index is 0.00974. The van der Waals surface area contributed by atoms with E-state index in [0.29, 0.717) is 46.8 Å². The molecule has 6 rings (SSSR count). The van der Waals surface area contributed by atoms with E-state index in [9.17, 15) is 17.6 Å². The molecule has 1 aliphatic carbocycles. The largest absolute Gasteiger partial charge is 0.479 e. The van der Waals surface area contributed by atoms with Gasteiger partial charge in [0.15, 0.2) is 9.84 Å². The van der Waals surface area contributed by atoms with Crippen molar-refractivity contribution >= 4 is 26.6 Å². The van der Waals surface area contributed by atoms with E-state index in [2.05, 4.69) is 15.4 Å². The summed E-state index contributed by atoms with van der Waals surface area (Å²) in [5.74, 6) is -0.114. The van der Waals surface area contributed by atoms with Gasteiger partial charge in [-0.05, 0) is 35.9 Å². The first-order valence-corrected chi connectivity index (χ1v) is 14.2. The molecule has 0 atom stereocenters. The van der Waals surface area contributed by atoms with Crippen molar-refractivity contribution in [3.8, 4) is 17.1 Å². The van der Waals surface area contributed by atoms with Gasteiger partial charge < -0.3 is 14.8 Å². The highest BCUT2D eigenvalue weighted by molar-refractivity contribution is 7.91. The molecular formula is C27H26FN5O5S. The lowest BCUT2D eigenvalue weighted by atomic mass is 9.91. The summed E-state index contributed by atoms with van der Waals surface area (Å²) in [4.78, 5) is 22.2. The SMILES string of the molecule is COc1nn(C2CC(F)C2)cc1-c1ccc2cnc(CNC(=O)c3ccc4c(c3)S(=O)(=O)CCOC4)cc2n1. The third-order valence-electron chi connectivity index (χ3n) is 7.08. The minimum atomic E-state index is -3.52. The highest BCUT2D eigenvalue weighted by Crippen LogP contribution is 2.37. The first-order valence-electron chi connectivity index (χ1n) is 12.6. The average Bonchev–Trinajstić information content (AvgIpc) is 3.29. The fraction of sp³-hybridized carbons (Fsp3) is 0.333. The van der Waals surface area contributed by atoms with Crippen LogP contribution in [-0.2, 0) is 27.7 Å². The highest BCUT2D eigenvalue weighted by Gasteiger charge is 2.32. The van der Waals surface area contributed by atoms with Gasteiger partial charge in [0.25, 0.3) is 5.91 Å². The topological polar surface area (TPSA) is 125 Å². The van der Waals surface area contributed by atoms with Gasteiger partial charge in [-0.25, -0.2) is 17.8 Å². The molecule has 12 heteroatoms. The lowest BCUT2D eigenvalue weighted by molar-refractivity contribution is 0.0950. The van der Waals surface area contributed by atoms with E-state index >= 15 is 0 Å². The predicted octanol–water partition coefficient (Wildman–Crippen LogP) is 3.41. The van der Waals surface area contributed by atoms with Gasteiger partial charge in [-0.3, -0.25) is 14.5 Å². The normalized spacial score (nSPS) is 20.1. The van der Waals surface area contributed by atoms with Crippen LogP contribution in [0.25, 0.3) is 22.2 Å². The summed E-state index contributed by atoms with van der Waals surface area (Å²) < 4.78 is 51.0. The summed E-state index contributed by atoms with van der Waals surface area (Å²) in [5, 5.41) is 8.09. The molecule has 1 aromatic carbocycles.